The molecule has 34 heavy (non-hydrogen) atoms. The zero-order valence-corrected chi connectivity index (χ0v) is 18.8. The van der Waals surface area contributed by atoms with Crippen LogP contribution in [0.3, 0.4) is 0 Å². The first-order valence-corrected chi connectivity index (χ1v) is 10.7. The predicted octanol–water partition coefficient (Wildman–Crippen LogP) is 3.64. The Morgan fingerprint density at radius 3 is 2.50 bits per heavy atom. The van der Waals surface area contributed by atoms with Crippen molar-refractivity contribution in [2.45, 2.75) is 26.1 Å². The number of rotatable bonds is 8. The highest BCUT2D eigenvalue weighted by atomic mass is 19.1. The zero-order valence-electron chi connectivity index (χ0n) is 18.8. The van der Waals surface area contributed by atoms with Crippen molar-refractivity contribution in [3.8, 4) is 5.75 Å². The molecule has 0 saturated carbocycles. The van der Waals surface area contributed by atoms with E-state index < -0.39 is 23.7 Å². The molecule has 0 aliphatic carbocycles. The summed E-state index contributed by atoms with van der Waals surface area (Å²) in [7, 11) is 1.56. The third kappa shape index (κ3) is 5.03. The Morgan fingerprint density at radius 2 is 1.76 bits per heavy atom. The molecule has 0 bridgehead atoms. The lowest BCUT2D eigenvalue weighted by Crippen LogP contribution is -2.46. The molecule has 1 aromatic heterocycles. The third-order valence-electron chi connectivity index (χ3n) is 5.53. The predicted molar refractivity (Wildman–Crippen MR) is 126 cm³/mol. The number of benzene rings is 3. The molecule has 0 aliphatic heterocycles. The zero-order chi connectivity index (χ0) is 24.1. The summed E-state index contributed by atoms with van der Waals surface area (Å²) in [5.74, 6) is -0.591. The summed E-state index contributed by atoms with van der Waals surface area (Å²) in [6.45, 7) is 1.39. The van der Waals surface area contributed by atoms with Crippen molar-refractivity contribution >= 4 is 28.5 Å². The third-order valence-corrected chi connectivity index (χ3v) is 5.53. The lowest BCUT2D eigenvalue weighted by atomic mass is 10.1. The number of hydrogen-bond donors (Lipinski definition) is 1. The fraction of sp³-hybridized carbons (Fsp3) is 0.200. The fourth-order valence-corrected chi connectivity index (χ4v) is 3.57. The van der Waals surface area contributed by atoms with Crippen LogP contribution >= 0.6 is 0 Å². The molecule has 174 valence electrons. The van der Waals surface area contributed by atoms with Crippen LogP contribution in [0.2, 0.25) is 0 Å². The van der Waals surface area contributed by atoms with E-state index >= 15 is 0 Å². The topological polar surface area (TPSA) is 89.4 Å². The van der Waals surface area contributed by atoms with Gasteiger partial charge in [-0.05, 0) is 49.4 Å². The minimum absolute atomic E-state index is 0.0741. The van der Waals surface area contributed by atoms with E-state index in [2.05, 4.69) is 15.6 Å². The summed E-state index contributed by atoms with van der Waals surface area (Å²) in [6, 6.07) is 19.4. The number of halogens is 1. The van der Waals surface area contributed by atoms with E-state index in [9.17, 15) is 14.0 Å². The van der Waals surface area contributed by atoms with Gasteiger partial charge in [-0.15, -0.1) is 5.10 Å². The molecule has 1 atom stereocenters. The smallest absolute Gasteiger partial charge is 0.246 e. The van der Waals surface area contributed by atoms with E-state index in [1.165, 1.54) is 15.6 Å². The van der Waals surface area contributed by atoms with Crippen LogP contribution in [0.25, 0.3) is 11.0 Å². The molecule has 9 heteroatoms. The van der Waals surface area contributed by atoms with Crippen molar-refractivity contribution in [3.05, 3.63) is 84.2 Å². The van der Waals surface area contributed by atoms with Gasteiger partial charge in [-0.2, -0.15) is 0 Å². The standard InChI is InChI=1S/C25H24FN5O3/c1-17(25(33)27-19-11-13-20(34-2)14-12-19)30(15-18-7-3-4-8-21(18)26)24(32)16-31-23-10-6-5-9-22(23)28-29-31/h3-14,17H,15-16H2,1-2H3,(H,27,33)/t17-/m0/s1. The number of anilines is 1. The maximum atomic E-state index is 14.4. The second kappa shape index (κ2) is 10.1. The van der Waals surface area contributed by atoms with Gasteiger partial charge in [0.1, 0.15) is 29.7 Å². The second-order valence-corrected chi connectivity index (χ2v) is 7.74. The average molecular weight is 461 g/mol. The number of amides is 2. The normalized spacial score (nSPS) is 11.7. The van der Waals surface area contributed by atoms with E-state index in [1.54, 1.807) is 62.6 Å². The number of nitrogens with one attached hydrogen (secondary N) is 1. The molecule has 4 aromatic rings. The van der Waals surface area contributed by atoms with Crippen molar-refractivity contribution in [2.24, 2.45) is 0 Å². The average Bonchev–Trinajstić information content (AvgIpc) is 3.26. The SMILES string of the molecule is COc1ccc(NC(=O)[C@H](C)N(Cc2ccccc2F)C(=O)Cn2nnc3ccccc32)cc1. The van der Waals surface area contributed by atoms with Crippen molar-refractivity contribution in [1.82, 2.24) is 19.9 Å². The van der Waals surface area contributed by atoms with Crippen LogP contribution in [-0.2, 0) is 22.7 Å². The van der Waals surface area contributed by atoms with Crippen LogP contribution < -0.4 is 10.1 Å². The Labute approximate surface area is 195 Å². The van der Waals surface area contributed by atoms with Crippen LogP contribution in [0.1, 0.15) is 12.5 Å². The van der Waals surface area contributed by atoms with E-state index in [0.717, 1.165) is 0 Å². The highest BCUT2D eigenvalue weighted by molar-refractivity contribution is 5.97. The van der Waals surface area contributed by atoms with Gasteiger partial charge in [-0.3, -0.25) is 9.59 Å². The van der Waals surface area contributed by atoms with Crippen LogP contribution in [0, 0.1) is 5.82 Å². The first-order chi connectivity index (χ1) is 16.5. The number of fused-ring (bicyclic) bond motifs is 1. The number of para-hydroxylation sites is 1. The maximum absolute atomic E-state index is 14.4. The number of aromatic nitrogens is 3. The quantitative estimate of drug-likeness (QED) is 0.433. The molecule has 2 amide bonds. The molecule has 0 aliphatic rings. The van der Waals surface area contributed by atoms with Gasteiger partial charge in [0.05, 0.1) is 12.6 Å². The van der Waals surface area contributed by atoms with Crippen molar-refractivity contribution in [1.29, 1.82) is 0 Å². The minimum Gasteiger partial charge on any atom is -0.497 e. The molecule has 0 fully saturated rings. The Balaban J connectivity index is 1.57. The summed E-state index contributed by atoms with van der Waals surface area (Å²) >= 11 is 0. The highest BCUT2D eigenvalue weighted by Crippen LogP contribution is 2.18. The number of nitrogens with zero attached hydrogens (tertiary/aromatic N) is 4. The van der Waals surface area contributed by atoms with Gasteiger partial charge >= 0.3 is 0 Å². The van der Waals surface area contributed by atoms with Crippen molar-refractivity contribution in [2.75, 3.05) is 12.4 Å². The van der Waals surface area contributed by atoms with Gasteiger partial charge in [0.15, 0.2) is 0 Å². The fourth-order valence-electron chi connectivity index (χ4n) is 3.57. The molecule has 8 nitrogen and oxygen atoms in total. The molecule has 4 rings (SSSR count). The lowest BCUT2D eigenvalue weighted by molar-refractivity contribution is -0.139. The van der Waals surface area contributed by atoms with Gasteiger partial charge < -0.3 is 15.0 Å². The molecule has 0 unspecified atom stereocenters. The number of ether oxygens (including phenoxy) is 1. The first kappa shape index (κ1) is 22.9. The van der Waals surface area contributed by atoms with Crippen LogP contribution in [0.15, 0.2) is 72.8 Å². The van der Waals surface area contributed by atoms with E-state index in [0.29, 0.717) is 28.0 Å². The van der Waals surface area contributed by atoms with Crippen LogP contribution in [0.5, 0.6) is 5.75 Å². The first-order valence-electron chi connectivity index (χ1n) is 10.7. The lowest BCUT2D eigenvalue weighted by Gasteiger charge is -2.29. The number of carbonyl (C=O) groups is 2. The number of methoxy groups -OCH3 is 1. The Bertz CT molecular complexity index is 1310. The summed E-state index contributed by atoms with van der Waals surface area (Å²) in [4.78, 5) is 27.7. The van der Waals surface area contributed by atoms with Gasteiger partial charge in [0.25, 0.3) is 0 Å². The Morgan fingerprint density at radius 1 is 1.06 bits per heavy atom. The van der Waals surface area contributed by atoms with E-state index in [4.69, 9.17) is 4.74 Å². The molecular weight excluding hydrogens is 437 g/mol. The van der Waals surface area contributed by atoms with Gasteiger partial charge in [-0.25, -0.2) is 9.07 Å². The number of hydrogen-bond acceptors (Lipinski definition) is 5. The number of carbonyl (C=O) groups excluding carboxylic acids is 2. The molecule has 1 heterocycles. The van der Waals surface area contributed by atoms with E-state index in [-0.39, 0.29) is 13.1 Å². The van der Waals surface area contributed by atoms with Crippen LogP contribution in [0.4, 0.5) is 10.1 Å². The molecule has 1 N–H and O–H groups in total. The largest absolute Gasteiger partial charge is 0.497 e. The minimum atomic E-state index is -0.885. The van der Waals surface area contributed by atoms with Gasteiger partial charge in [0, 0.05) is 17.8 Å². The molecule has 0 saturated heterocycles. The Hall–Kier alpha value is -4.27. The molecule has 0 radical (unpaired) electrons. The highest BCUT2D eigenvalue weighted by Gasteiger charge is 2.28. The summed E-state index contributed by atoms with van der Waals surface area (Å²) in [6.07, 6.45) is 0. The molecule has 0 spiro atoms. The van der Waals surface area contributed by atoms with E-state index in [1.807, 2.05) is 18.2 Å². The Kier molecular flexibility index (Phi) is 6.82. The molecular formula is C25H24FN5O3. The van der Waals surface area contributed by atoms with Gasteiger partial charge in [-0.1, -0.05) is 35.5 Å². The van der Waals surface area contributed by atoms with Gasteiger partial charge in [0.2, 0.25) is 11.8 Å². The summed E-state index contributed by atoms with van der Waals surface area (Å²) in [5, 5.41) is 10.9. The van der Waals surface area contributed by atoms with Crippen molar-refractivity contribution < 1.29 is 18.7 Å². The second-order valence-electron chi connectivity index (χ2n) is 7.74. The van der Waals surface area contributed by atoms with Crippen molar-refractivity contribution in [3.63, 3.8) is 0 Å². The maximum Gasteiger partial charge on any atom is 0.246 e. The van der Waals surface area contributed by atoms with Crippen LogP contribution in [-0.4, -0.2) is 44.9 Å². The monoisotopic (exact) mass is 461 g/mol. The summed E-state index contributed by atoms with van der Waals surface area (Å²) < 4.78 is 21.0. The summed E-state index contributed by atoms with van der Waals surface area (Å²) in [5.41, 5.74) is 2.21. The molecule has 3 aromatic carbocycles.